The smallest absolute Gasteiger partial charge is 0.255 e. The average Bonchev–Trinajstić information content (AvgIpc) is 2.95. The summed E-state index contributed by atoms with van der Waals surface area (Å²) in [4.78, 5) is 39.9. The molecule has 138 valence electrons. The summed E-state index contributed by atoms with van der Waals surface area (Å²) in [6, 6.07) is 2.16. The number of halogens is 1. The Morgan fingerprint density at radius 3 is 2.65 bits per heavy atom. The molecule has 0 bridgehead atoms. The summed E-state index contributed by atoms with van der Waals surface area (Å²) >= 11 is 0. The lowest BCUT2D eigenvalue weighted by Crippen LogP contribution is -2.52. The van der Waals surface area contributed by atoms with Crippen molar-refractivity contribution >= 4 is 17.7 Å². The van der Waals surface area contributed by atoms with Gasteiger partial charge in [0.1, 0.15) is 11.9 Å². The number of amides is 3. The number of nitrogens with one attached hydrogen (secondary N) is 2. The maximum absolute atomic E-state index is 14.5. The standard InChI is InChI=1S/C18H21FN4O3/c19-14-2-1-11-12(13(14)9-22-7-5-20-6-8-22)10-23(18(11)26)15-3-4-16(24)21-17(15)25/h1-2,15,20H,3-10H2,(H,21,24,25). The molecule has 8 heteroatoms. The second-order valence-corrected chi connectivity index (χ2v) is 6.98. The van der Waals surface area contributed by atoms with Crippen LogP contribution in [-0.2, 0) is 22.7 Å². The molecule has 3 aliphatic rings. The molecule has 1 unspecified atom stereocenters. The number of nitrogens with zero attached hydrogens (tertiary/aromatic N) is 2. The van der Waals surface area contributed by atoms with Gasteiger partial charge in [-0.05, 0) is 24.1 Å². The van der Waals surface area contributed by atoms with E-state index in [1.165, 1.54) is 17.0 Å². The largest absolute Gasteiger partial charge is 0.322 e. The van der Waals surface area contributed by atoms with Crippen LogP contribution >= 0.6 is 0 Å². The zero-order valence-corrected chi connectivity index (χ0v) is 14.4. The van der Waals surface area contributed by atoms with Gasteiger partial charge in [-0.2, -0.15) is 0 Å². The molecule has 2 fully saturated rings. The predicted molar refractivity (Wildman–Crippen MR) is 90.6 cm³/mol. The van der Waals surface area contributed by atoms with E-state index in [0.29, 0.717) is 29.7 Å². The van der Waals surface area contributed by atoms with E-state index < -0.39 is 11.9 Å². The first kappa shape index (κ1) is 17.1. The lowest BCUT2D eigenvalue weighted by Gasteiger charge is -2.30. The van der Waals surface area contributed by atoms with Crippen LogP contribution in [0.4, 0.5) is 4.39 Å². The lowest BCUT2D eigenvalue weighted by molar-refractivity contribution is -0.136. The Bertz CT molecular complexity index is 776. The van der Waals surface area contributed by atoms with Crippen molar-refractivity contribution in [2.45, 2.75) is 32.0 Å². The number of fused-ring (bicyclic) bond motifs is 1. The van der Waals surface area contributed by atoms with Crippen molar-refractivity contribution in [3.8, 4) is 0 Å². The molecule has 2 saturated heterocycles. The Kier molecular flexibility index (Phi) is 4.46. The van der Waals surface area contributed by atoms with Crippen LogP contribution < -0.4 is 10.6 Å². The first-order valence-electron chi connectivity index (χ1n) is 8.92. The van der Waals surface area contributed by atoms with Crippen molar-refractivity contribution in [2.75, 3.05) is 26.2 Å². The van der Waals surface area contributed by atoms with E-state index in [9.17, 15) is 18.8 Å². The van der Waals surface area contributed by atoms with Gasteiger partial charge < -0.3 is 10.2 Å². The molecule has 2 N–H and O–H groups in total. The average molecular weight is 360 g/mol. The second kappa shape index (κ2) is 6.77. The third-order valence-electron chi connectivity index (χ3n) is 5.37. The molecule has 3 amide bonds. The topological polar surface area (TPSA) is 81.8 Å². The Morgan fingerprint density at radius 1 is 1.15 bits per heavy atom. The zero-order chi connectivity index (χ0) is 18.3. The Hall–Kier alpha value is -2.32. The summed E-state index contributed by atoms with van der Waals surface area (Å²) < 4.78 is 14.5. The highest BCUT2D eigenvalue weighted by molar-refractivity contribution is 6.05. The third kappa shape index (κ3) is 2.99. The van der Waals surface area contributed by atoms with Crippen LogP contribution in [0.25, 0.3) is 0 Å². The molecular formula is C18H21FN4O3. The summed E-state index contributed by atoms with van der Waals surface area (Å²) in [6.45, 7) is 4.03. The monoisotopic (exact) mass is 360 g/mol. The van der Waals surface area contributed by atoms with Gasteiger partial charge in [0.2, 0.25) is 11.8 Å². The van der Waals surface area contributed by atoms with E-state index >= 15 is 0 Å². The van der Waals surface area contributed by atoms with Crippen LogP contribution in [0.1, 0.15) is 34.3 Å². The lowest BCUT2D eigenvalue weighted by atomic mass is 10.0. The van der Waals surface area contributed by atoms with Gasteiger partial charge >= 0.3 is 0 Å². The van der Waals surface area contributed by atoms with Gasteiger partial charge in [-0.25, -0.2) is 4.39 Å². The fourth-order valence-corrected chi connectivity index (χ4v) is 3.94. The maximum Gasteiger partial charge on any atom is 0.255 e. The van der Waals surface area contributed by atoms with E-state index in [4.69, 9.17) is 0 Å². The number of imide groups is 1. The molecule has 0 spiro atoms. The second-order valence-electron chi connectivity index (χ2n) is 6.98. The molecular weight excluding hydrogens is 339 g/mol. The minimum absolute atomic E-state index is 0.207. The minimum atomic E-state index is -0.678. The molecule has 3 aliphatic heterocycles. The van der Waals surface area contributed by atoms with Crippen molar-refractivity contribution in [1.29, 1.82) is 0 Å². The number of carbonyl (C=O) groups is 3. The van der Waals surface area contributed by atoms with E-state index in [1.54, 1.807) is 0 Å². The third-order valence-corrected chi connectivity index (χ3v) is 5.37. The number of carbonyl (C=O) groups excluding carboxylic acids is 3. The van der Waals surface area contributed by atoms with E-state index in [2.05, 4.69) is 15.5 Å². The van der Waals surface area contributed by atoms with Crippen LogP contribution in [0.5, 0.6) is 0 Å². The van der Waals surface area contributed by atoms with Gasteiger partial charge in [0.15, 0.2) is 0 Å². The van der Waals surface area contributed by atoms with E-state index in [-0.39, 0.29) is 30.6 Å². The van der Waals surface area contributed by atoms with Crippen LogP contribution in [0, 0.1) is 5.82 Å². The minimum Gasteiger partial charge on any atom is -0.322 e. The molecule has 0 saturated carbocycles. The number of rotatable bonds is 3. The van der Waals surface area contributed by atoms with Crippen LogP contribution in [0.3, 0.4) is 0 Å². The van der Waals surface area contributed by atoms with Crippen molar-refractivity contribution in [2.24, 2.45) is 0 Å². The maximum atomic E-state index is 14.5. The van der Waals surface area contributed by atoms with Crippen molar-refractivity contribution < 1.29 is 18.8 Å². The van der Waals surface area contributed by atoms with Crippen LogP contribution in [0.15, 0.2) is 12.1 Å². The summed E-state index contributed by atoms with van der Waals surface area (Å²) in [7, 11) is 0. The summed E-state index contributed by atoms with van der Waals surface area (Å²) in [5, 5.41) is 5.55. The molecule has 0 aliphatic carbocycles. The molecule has 0 aromatic heterocycles. The molecule has 1 atom stereocenters. The number of hydrogen-bond donors (Lipinski definition) is 2. The van der Waals surface area contributed by atoms with E-state index in [0.717, 1.165) is 26.2 Å². The van der Waals surface area contributed by atoms with Crippen LogP contribution in [0.2, 0.25) is 0 Å². The Labute approximate surface area is 150 Å². The van der Waals surface area contributed by atoms with Gasteiger partial charge in [0, 0.05) is 56.8 Å². The van der Waals surface area contributed by atoms with Gasteiger partial charge in [0.05, 0.1) is 0 Å². The Balaban J connectivity index is 1.60. The summed E-state index contributed by atoms with van der Waals surface area (Å²) in [5.41, 5.74) is 1.66. The fourth-order valence-electron chi connectivity index (χ4n) is 3.94. The zero-order valence-electron chi connectivity index (χ0n) is 14.4. The number of benzene rings is 1. The SMILES string of the molecule is O=C1CCC(N2Cc3c(ccc(F)c3CN3CCNCC3)C2=O)C(=O)N1. The first-order chi connectivity index (χ1) is 12.5. The number of piperazine rings is 1. The highest BCUT2D eigenvalue weighted by Gasteiger charge is 2.40. The quantitative estimate of drug-likeness (QED) is 0.741. The van der Waals surface area contributed by atoms with Gasteiger partial charge in [0.25, 0.3) is 5.91 Å². The summed E-state index contributed by atoms with van der Waals surface area (Å²) in [5.74, 6) is -1.36. The van der Waals surface area contributed by atoms with Gasteiger partial charge in [-0.3, -0.25) is 24.6 Å². The predicted octanol–water partition coefficient (Wildman–Crippen LogP) is -0.00810. The van der Waals surface area contributed by atoms with Gasteiger partial charge in [-0.15, -0.1) is 0 Å². The van der Waals surface area contributed by atoms with Crippen molar-refractivity contribution in [3.05, 3.63) is 34.6 Å². The van der Waals surface area contributed by atoms with Crippen LogP contribution in [-0.4, -0.2) is 59.7 Å². The summed E-state index contributed by atoms with van der Waals surface area (Å²) in [6.07, 6.45) is 0.512. The Morgan fingerprint density at radius 2 is 1.92 bits per heavy atom. The molecule has 26 heavy (non-hydrogen) atoms. The highest BCUT2D eigenvalue weighted by Crippen LogP contribution is 2.31. The first-order valence-corrected chi connectivity index (χ1v) is 8.92. The van der Waals surface area contributed by atoms with Gasteiger partial charge in [-0.1, -0.05) is 0 Å². The number of hydrogen-bond acceptors (Lipinski definition) is 5. The molecule has 7 nitrogen and oxygen atoms in total. The van der Waals surface area contributed by atoms with Crippen molar-refractivity contribution in [1.82, 2.24) is 20.4 Å². The molecule has 3 heterocycles. The molecule has 1 aromatic carbocycles. The van der Waals surface area contributed by atoms with E-state index in [1.807, 2.05) is 0 Å². The normalized spacial score (nSPS) is 24.0. The molecule has 1 aromatic rings. The van der Waals surface area contributed by atoms with Crippen molar-refractivity contribution in [3.63, 3.8) is 0 Å². The fraction of sp³-hybridized carbons (Fsp3) is 0.500. The highest BCUT2D eigenvalue weighted by atomic mass is 19.1. The molecule has 0 radical (unpaired) electrons. The molecule has 4 rings (SSSR count). The number of piperidine rings is 1.